The first kappa shape index (κ1) is 19.6. The minimum Gasteiger partial charge on any atom is -0.481 e. The molecule has 0 saturated carbocycles. The van der Waals surface area contributed by atoms with Gasteiger partial charge in [-0.25, -0.2) is 0 Å². The molecule has 8 heteroatoms. The lowest BCUT2D eigenvalue weighted by Gasteiger charge is -2.29. The van der Waals surface area contributed by atoms with E-state index in [1.165, 1.54) is 14.2 Å². The molecule has 0 aromatic rings. The Morgan fingerprint density at radius 3 is 1.78 bits per heavy atom. The Morgan fingerprint density at radius 1 is 1.11 bits per heavy atom. The van der Waals surface area contributed by atoms with Crippen LogP contribution in [-0.4, -0.2) is 83.4 Å². The van der Waals surface area contributed by atoms with Crippen LogP contribution in [0.3, 0.4) is 0 Å². The zero-order valence-corrected chi connectivity index (χ0v) is 10.7. The zero-order valence-electron chi connectivity index (χ0n) is 10.7. The summed E-state index contributed by atoms with van der Waals surface area (Å²) >= 11 is 0. The number of carboxylic acids is 1. The molecule has 0 fully saturated rings. The molecule has 0 aromatic heterocycles. The highest BCUT2D eigenvalue weighted by Crippen LogP contribution is 2.10. The fourth-order valence-corrected chi connectivity index (χ4v) is 1.16. The number of carbonyl (C=O) groups is 1. The van der Waals surface area contributed by atoms with Gasteiger partial charge < -0.3 is 35.0 Å². The van der Waals surface area contributed by atoms with Crippen molar-refractivity contribution in [3.05, 3.63) is 0 Å². The molecule has 5 N–H and O–H groups in total. The second-order valence-electron chi connectivity index (χ2n) is 3.42. The summed E-state index contributed by atoms with van der Waals surface area (Å²) in [5.41, 5.74) is 0. The second kappa shape index (κ2) is 11.3. The fourth-order valence-electron chi connectivity index (χ4n) is 1.16. The van der Waals surface area contributed by atoms with Gasteiger partial charge in [-0.2, -0.15) is 0 Å². The average Bonchev–Trinajstić information content (AvgIpc) is 2.30. The van der Waals surface area contributed by atoms with Crippen molar-refractivity contribution in [2.75, 3.05) is 27.4 Å². The maximum Gasteiger partial charge on any atom is 0.300 e. The predicted octanol–water partition coefficient (Wildman–Crippen LogP) is -2.19. The number of carboxylic acid groups (broad SMARTS) is 1. The maximum atomic E-state index is 9.59. The Balaban J connectivity index is 0. The van der Waals surface area contributed by atoms with Crippen LogP contribution in [0.25, 0.3) is 0 Å². The summed E-state index contributed by atoms with van der Waals surface area (Å²) in [5.74, 6) is -0.833. The lowest BCUT2D eigenvalue weighted by atomic mass is 10.0. The minimum absolute atomic E-state index is 0.393. The molecule has 0 saturated heterocycles. The first-order chi connectivity index (χ1) is 8.35. The Morgan fingerprint density at radius 2 is 1.56 bits per heavy atom. The minimum atomic E-state index is -1.21. The van der Waals surface area contributed by atoms with Crippen molar-refractivity contribution < 1.29 is 39.8 Å². The van der Waals surface area contributed by atoms with E-state index in [2.05, 4.69) is 0 Å². The Hall–Kier alpha value is -0.770. The number of rotatable bonds is 7. The van der Waals surface area contributed by atoms with E-state index in [4.69, 9.17) is 29.6 Å². The largest absolute Gasteiger partial charge is 0.481 e. The molecule has 110 valence electrons. The monoisotopic (exact) mass is 270 g/mol. The summed E-state index contributed by atoms with van der Waals surface area (Å²) in [5, 5.41) is 43.7. The van der Waals surface area contributed by atoms with Gasteiger partial charge in [0, 0.05) is 21.1 Å². The van der Waals surface area contributed by atoms with Gasteiger partial charge >= 0.3 is 0 Å². The standard InChI is InChI=1S/C8H18O6.C2H4O2/c1-13-6(4-10)7(12)8(14-2)5(11)3-9;1-2(3)4/h5-12H,3-4H2,1-2H3;1H3,(H,3,4)/t5-,6+,7-,8-;/m1./s1. The highest BCUT2D eigenvalue weighted by molar-refractivity contribution is 5.62. The quantitative estimate of drug-likeness (QED) is 0.352. The van der Waals surface area contributed by atoms with E-state index in [0.717, 1.165) is 6.92 Å². The Labute approximate surface area is 105 Å². The molecular formula is C10H22O8. The van der Waals surface area contributed by atoms with Crippen LogP contribution in [0, 0.1) is 0 Å². The number of hydrogen-bond acceptors (Lipinski definition) is 7. The third kappa shape index (κ3) is 8.34. The molecule has 0 radical (unpaired) electrons. The summed E-state index contributed by atoms with van der Waals surface area (Å²) in [7, 11) is 2.61. The van der Waals surface area contributed by atoms with Crippen LogP contribution < -0.4 is 0 Å². The van der Waals surface area contributed by atoms with E-state index in [0.29, 0.717) is 0 Å². The number of hydrogen-bond donors (Lipinski definition) is 5. The van der Waals surface area contributed by atoms with E-state index in [9.17, 15) is 10.2 Å². The number of ether oxygens (including phenoxy) is 2. The van der Waals surface area contributed by atoms with Gasteiger partial charge in [0.1, 0.15) is 24.4 Å². The zero-order chi connectivity index (χ0) is 14.7. The third-order valence-electron chi connectivity index (χ3n) is 2.04. The SMILES string of the molecule is CC(=O)O.CO[C@@H]([C@H](O)[C@H](CO)OC)[C@H](O)CO. The number of aliphatic carboxylic acids is 1. The van der Waals surface area contributed by atoms with Crippen LogP contribution in [0.1, 0.15) is 6.92 Å². The van der Waals surface area contributed by atoms with Gasteiger partial charge in [0.05, 0.1) is 13.2 Å². The second-order valence-corrected chi connectivity index (χ2v) is 3.42. The topological polar surface area (TPSA) is 137 Å². The lowest BCUT2D eigenvalue weighted by Crippen LogP contribution is -2.48. The van der Waals surface area contributed by atoms with Crippen molar-refractivity contribution in [1.82, 2.24) is 0 Å². The van der Waals surface area contributed by atoms with Crippen molar-refractivity contribution in [2.24, 2.45) is 0 Å². The molecule has 0 bridgehead atoms. The van der Waals surface area contributed by atoms with Crippen molar-refractivity contribution >= 4 is 5.97 Å². The summed E-state index contributed by atoms with van der Waals surface area (Å²) in [6.07, 6.45) is -4.24. The molecule has 0 aliphatic heterocycles. The van der Waals surface area contributed by atoms with Crippen LogP contribution in [0.5, 0.6) is 0 Å². The van der Waals surface area contributed by atoms with Crippen molar-refractivity contribution in [2.45, 2.75) is 31.3 Å². The van der Waals surface area contributed by atoms with Gasteiger partial charge in [0.15, 0.2) is 0 Å². The average molecular weight is 270 g/mol. The molecule has 0 unspecified atom stereocenters. The molecule has 4 atom stereocenters. The van der Waals surface area contributed by atoms with E-state index < -0.39 is 43.6 Å². The van der Waals surface area contributed by atoms with Gasteiger partial charge in [-0.3, -0.25) is 4.79 Å². The van der Waals surface area contributed by atoms with Crippen LogP contribution >= 0.6 is 0 Å². The molecule has 0 spiro atoms. The maximum absolute atomic E-state index is 9.59. The highest BCUT2D eigenvalue weighted by atomic mass is 16.5. The molecule has 8 nitrogen and oxygen atoms in total. The molecule has 18 heavy (non-hydrogen) atoms. The summed E-state index contributed by atoms with van der Waals surface area (Å²) in [6, 6.07) is 0. The third-order valence-corrected chi connectivity index (χ3v) is 2.04. The van der Waals surface area contributed by atoms with Crippen molar-refractivity contribution in [1.29, 1.82) is 0 Å². The first-order valence-corrected chi connectivity index (χ1v) is 5.18. The lowest BCUT2D eigenvalue weighted by molar-refractivity contribution is -0.144. The molecule has 0 aliphatic rings. The molecule has 0 aromatic carbocycles. The summed E-state index contributed by atoms with van der Waals surface area (Å²) in [4.78, 5) is 9.00. The fraction of sp³-hybridized carbons (Fsp3) is 0.900. The van der Waals surface area contributed by atoms with Crippen molar-refractivity contribution in [3.63, 3.8) is 0 Å². The normalized spacial score (nSPS) is 17.1. The molecule has 0 aliphatic carbocycles. The van der Waals surface area contributed by atoms with E-state index in [1.54, 1.807) is 0 Å². The Kier molecular flexibility index (Phi) is 12.3. The number of aliphatic hydroxyl groups is 4. The molecule has 0 heterocycles. The number of methoxy groups -OCH3 is 2. The highest BCUT2D eigenvalue weighted by Gasteiger charge is 2.32. The number of aliphatic hydroxyl groups excluding tert-OH is 4. The summed E-state index contributed by atoms with van der Waals surface area (Å²) < 4.78 is 9.56. The summed E-state index contributed by atoms with van der Waals surface area (Å²) in [6.45, 7) is 0.160. The van der Waals surface area contributed by atoms with Gasteiger partial charge in [-0.05, 0) is 0 Å². The van der Waals surface area contributed by atoms with Crippen LogP contribution in [0.15, 0.2) is 0 Å². The van der Waals surface area contributed by atoms with Gasteiger partial charge in [0.2, 0.25) is 0 Å². The van der Waals surface area contributed by atoms with E-state index in [1.807, 2.05) is 0 Å². The van der Waals surface area contributed by atoms with Gasteiger partial charge in [-0.1, -0.05) is 0 Å². The van der Waals surface area contributed by atoms with Gasteiger partial charge in [0.25, 0.3) is 5.97 Å². The molecule has 0 rings (SSSR count). The van der Waals surface area contributed by atoms with Crippen LogP contribution in [0.2, 0.25) is 0 Å². The van der Waals surface area contributed by atoms with E-state index >= 15 is 0 Å². The smallest absolute Gasteiger partial charge is 0.300 e. The van der Waals surface area contributed by atoms with Gasteiger partial charge in [-0.15, -0.1) is 0 Å². The first-order valence-electron chi connectivity index (χ1n) is 5.18. The molecular weight excluding hydrogens is 248 g/mol. The van der Waals surface area contributed by atoms with Crippen molar-refractivity contribution in [3.8, 4) is 0 Å². The van der Waals surface area contributed by atoms with Crippen LogP contribution in [-0.2, 0) is 14.3 Å². The molecule has 0 amide bonds. The Bertz CT molecular complexity index is 202. The van der Waals surface area contributed by atoms with Crippen LogP contribution in [0.4, 0.5) is 0 Å². The predicted molar refractivity (Wildman–Crippen MR) is 61.1 cm³/mol. The van der Waals surface area contributed by atoms with E-state index in [-0.39, 0.29) is 0 Å².